The minimum absolute atomic E-state index is 0.00236. The van der Waals surface area contributed by atoms with Gasteiger partial charge in [0.2, 0.25) is 0 Å². The number of carbonyl (C=O) groups is 3. The lowest BCUT2D eigenvalue weighted by molar-refractivity contribution is -0.158. The van der Waals surface area contributed by atoms with E-state index in [2.05, 4.69) is 0 Å². The predicted octanol–water partition coefficient (Wildman–Crippen LogP) is 3.03. The Kier molecular flexibility index (Phi) is 22.1. The Labute approximate surface area is 355 Å². The van der Waals surface area contributed by atoms with E-state index in [1.807, 2.05) is 81.9 Å². The van der Waals surface area contributed by atoms with Gasteiger partial charge in [-0.05, 0) is 104 Å². The molecule has 3 N–H and O–H groups in total. The third kappa shape index (κ3) is 28.5. The fourth-order valence-corrected chi connectivity index (χ4v) is 8.80. The molecule has 0 amide bonds. The second-order valence-electron chi connectivity index (χ2n) is 20.6. The molecule has 2 unspecified atom stereocenters. The summed E-state index contributed by atoms with van der Waals surface area (Å²) in [5, 5.41) is 31.9. The first-order valence-electron chi connectivity index (χ1n) is 20.9. The van der Waals surface area contributed by atoms with Crippen molar-refractivity contribution in [1.29, 1.82) is 0 Å². The molecule has 0 aliphatic carbocycles. The van der Waals surface area contributed by atoms with Gasteiger partial charge in [0.1, 0.15) is 23.1 Å². The van der Waals surface area contributed by atoms with Crippen LogP contribution in [0.2, 0.25) is 0 Å². The molecular weight excluding hydrogens is 785 g/mol. The first-order chi connectivity index (χ1) is 26.6. The first-order valence-corrected chi connectivity index (χ1v) is 22.6. The zero-order valence-electron chi connectivity index (χ0n) is 39.2. The van der Waals surface area contributed by atoms with Crippen LogP contribution in [0.4, 0.5) is 0 Å². The highest BCUT2D eigenvalue weighted by Gasteiger charge is 2.38. The van der Waals surface area contributed by atoms with Gasteiger partial charge in [0, 0.05) is 72.0 Å². The van der Waals surface area contributed by atoms with E-state index in [4.69, 9.17) is 23.3 Å². The van der Waals surface area contributed by atoms with Crippen LogP contribution in [0.25, 0.3) is 0 Å². The highest BCUT2D eigenvalue weighted by Crippen LogP contribution is 2.54. The molecule has 0 spiro atoms. The molecule has 2 atom stereocenters. The van der Waals surface area contributed by atoms with Crippen LogP contribution in [0, 0.1) is 0 Å². The Bertz CT molecular complexity index is 1270. The van der Waals surface area contributed by atoms with Crippen molar-refractivity contribution in [3.05, 3.63) is 0 Å². The van der Waals surface area contributed by atoms with Crippen LogP contribution in [0.1, 0.15) is 104 Å². The van der Waals surface area contributed by atoms with Gasteiger partial charge in [-0.15, -0.1) is 0 Å². The summed E-state index contributed by atoms with van der Waals surface area (Å²) < 4.78 is 43.2. The molecule has 348 valence electrons. The van der Waals surface area contributed by atoms with E-state index in [-0.39, 0.29) is 51.5 Å². The number of rotatable bonds is 17. The summed E-state index contributed by atoms with van der Waals surface area (Å²) in [5.74, 6) is -1.17. The molecule has 0 aromatic rings. The van der Waals surface area contributed by atoms with E-state index >= 15 is 0 Å². The maximum Gasteiger partial charge on any atom is 0.345 e. The molecule has 0 saturated carbocycles. The maximum atomic E-state index is 14.2. The lowest BCUT2D eigenvalue weighted by Gasteiger charge is -2.37. The van der Waals surface area contributed by atoms with Crippen LogP contribution in [0.15, 0.2) is 0 Å². The average molecular weight is 868 g/mol. The Morgan fingerprint density at radius 2 is 0.814 bits per heavy atom. The van der Waals surface area contributed by atoms with E-state index in [0.717, 1.165) is 0 Å². The zero-order chi connectivity index (χ0) is 45.6. The standard InChI is InChI=1S/C41H82N5O12P/c1-37(2,3)54-34(50)27-43-18-16-42(24-32(48)25-46(26-33(49)30-47)31-59(53,57-40(10,11)12)58-41(13,14)15)17-19-44(28-35(51)55-38(4,5)6)21-23-45(22-20-43)29-36(52)56-39(7,8)9/h32-33,47-49H,16-31H2,1-15H3. The van der Waals surface area contributed by atoms with E-state index in [1.165, 1.54) is 0 Å². The van der Waals surface area contributed by atoms with Gasteiger partial charge in [-0.25, -0.2) is 0 Å². The summed E-state index contributed by atoms with van der Waals surface area (Å²) in [7, 11) is -3.84. The van der Waals surface area contributed by atoms with E-state index in [1.54, 1.807) is 46.4 Å². The normalized spacial score (nSPS) is 18.5. The van der Waals surface area contributed by atoms with Crippen molar-refractivity contribution in [2.75, 3.05) is 105 Å². The highest BCUT2D eigenvalue weighted by molar-refractivity contribution is 7.53. The van der Waals surface area contributed by atoms with Crippen LogP contribution in [-0.4, -0.2) is 202 Å². The largest absolute Gasteiger partial charge is 0.459 e. The van der Waals surface area contributed by atoms with Crippen molar-refractivity contribution in [1.82, 2.24) is 24.5 Å². The summed E-state index contributed by atoms with van der Waals surface area (Å²) in [6.07, 6.45) is -2.46. The molecule has 0 bridgehead atoms. The fraction of sp³-hybridized carbons (Fsp3) is 0.927. The molecule has 1 fully saturated rings. The molecule has 0 radical (unpaired) electrons. The summed E-state index contributed by atoms with van der Waals surface area (Å²) in [6, 6.07) is 0. The number of aliphatic hydroxyl groups is 3. The van der Waals surface area contributed by atoms with Crippen molar-refractivity contribution in [3.63, 3.8) is 0 Å². The first kappa shape index (κ1) is 55.3. The number of carbonyl (C=O) groups excluding carboxylic acids is 3. The molecule has 1 saturated heterocycles. The van der Waals surface area contributed by atoms with Crippen LogP contribution in [-0.2, 0) is 42.2 Å². The average Bonchev–Trinajstić information content (AvgIpc) is 2.97. The number of hydrogen-bond acceptors (Lipinski definition) is 17. The molecule has 0 aromatic heterocycles. The van der Waals surface area contributed by atoms with Crippen molar-refractivity contribution >= 4 is 25.5 Å². The second kappa shape index (κ2) is 23.6. The molecule has 59 heavy (non-hydrogen) atoms. The summed E-state index contributed by atoms with van der Waals surface area (Å²) in [6.45, 7) is 29.6. The minimum atomic E-state index is -3.84. The number of hydrogen-bond donors (Lipinski definition) is 3. The van der Waals surface area contributed by atoms with Gasteiger partial charge < -0.3 is 38.6 Å². The molecule has 1 aliphatic rings. The van der Waals surface area contributed by atoms with Crippen molar-refractivity contribution < 1.29 is 57.5 Å². The van der Waals surface area contributed by atoms with Crippen molar-refractivity contribution in [2.45, 2.75) is 144 Å². The lowest BCUT2D eigenvalue weighted by atomic mass is 10.2. The number of aliphatic hydroxyl groups excluding tert-OH is 3. The van der Waals surface area contributed by atoms with Crippen LogP contribution in [0.5, 0.6) is 0 Å². The topological polar surface area (TPSA) is 191 Å². The SMILES string of the molecule is CC(C)(C)OC(=O)CN1CCN(CC(=O)OC(C)(C)C)CCN(CC(O)CN(CC(O)CO)CP(=O)(OC(C)(C)C)OC(C)(C)C)CCN(CC(=O)OC(C)(C)C)CC1. The number of ether oxygens (including phenoxy) is 3. The van der Waals surface area contributed by atoms with Crippen LogP contribution in [0.3, 0.4) is 0 Å². The molecule has 1 aliphatic heterocycles. The van der Waals surface area contributed by atoms with Crippen LogP contribution >= 0.6 is 7.60 Å². The van der Waals surface area contributed by atoms with E-state index in [9.17, 15) is 34.3 Å². The number of β-amino-alcohol motifs (C(OH)–C–C–N with tert-alkyl or cyclic N) is 1. The zero-order valence-corrected chi connectivity index (χ0v) is 40.1. The molecule has 1 heterocycles. The van der Waals surface area contributed by atoms with Gasteiger partial charge >= 0.3 is 25.5 Å². The minimum Gasteiger partial charge on any atom is -0.459 e. The maximum absolute atomic E-state index is 14.2. The Morgan fingerprint density at radius 3 is 1.08 bits per heavy atom. The second-order valence-corrected chi connectivity index (χ2v) is 22.4. The van der Waals surface area contributed by atoms with Crippen LogP contribution < -0.4 is 0 Å². The van der Waals surface area contributed by atoms with Gasteiger partial charge in [-0.1, -0.05) is 0 Å². The quantitative estimate of drug-likeness (QED) is 0.110. The third-order valence-corrected chi connectivity index (χ3v) is 10.5. The predicted molar refractivity (Wildman–Crippen MR) is 228 cm³/mol. The smallest absolute Gasteiger partial charge is 0.345 e. The van der Waals surface area contributed by atoms with Crippen molar-refractivity contribution in [3.8, 4) is 0 Å². The number of nitrogens with zero attached hydrogens (tertiary/aromatic N) is 5. The van der Waals surface area contributed by atoms with E-state index < -0.39 is 66.4 Å². The fourth-order valence-electron chi connectivity index (χ4n) is 6.26. The summed E-state index contributed by atoms with van der Waals surface area (Å²) in [5.41, 5.74) is -3.70. The highest BCUT2D eigenvalue weighted by atomic mass is 31.2. The molecule has 17 nitrogen and oxygen atoms in total. The molecule has 18 heteroatoms. The van der Waals surface area contributed by atoms with Gasteiger partial charge in [0.25, 0.3) is 0 Å². The Balaban J connectivity index is 3.49. The third-order valence-electron chi connectivity index (χ3n) is 8.06. The Hall–Kier alpha value is -1.76. The molecule has 1 rings (SSSR count). The van der Waals surface area contributed by atoms with Gasteiger partial charge in [0.05, 0.1) is 49.7 Å². The number of esters is 3. The Morgan fingerprint density at radius 1 is 0.525 bits per heavy atom. The van der Waals surface area contributed by atoms with Gasteiger partial charge in [-0.2, -0.15) is 0 Å². The summed E-state index contributed by atoms with van der Waals surface area (Å²) in [4.78, 5) is 48.7. The van der Waals surface area contributed by atoms with E-state index in [0.29, 0.717) is 52.4 Å². The van der Waals surface area contributed by atoms with Gasteiger partial charge in [-0.3, -0.25) is 43.4 Å². The molecule has 0 aromatic carbocycles. The molecular formula is C41H82N5O12P. The van der Waals surface area contributed by atoms with Crippen molar-refractivity contribution in [2.24, 2.45) is 0 Å². The monoisotopic (exact) mass is 868 g/mol. The van der Waals surface area contributed by atoms with Gasteiger partial charge in [0.15, 0.2) is 0 Å². The summed E-state index contributed by atoms with van der Waals surface area (Å²) >= 11 is 0. The lowest BCUT2D eigenvalue weighted by Crippen LogP contribution is -2.51.